The number of halogens is 1. The lowest BCUT2D eigenvalue weighted by Gasteiger charge is -2.05. The smallest absolute Gasteiger partial charge is 0.201 e. The highest BCUT2D eigenvalue weighted by atomic mass is 35.5. The first-order valence-electron chi connectivity index (χ1n) is 6.39. The van der Waals surface area contributed by atoms with Crippen LogP contribution in [0.3, 0.4) is 0 Å². The van der Waals surface area contributed by atoms with Crippen molar-refractivity contribution in [1.82, 2.24) is 0 Å². The maximum absolute atomic E-state index is 12.4. The van der Waals surface area contributed by atoms with Crippen LogP contribution in [0.4, 0.5) is 0 Å². The Morgan fingerprint density at radius 1 is 1.33 bits per heavy atom. The van der Waals surface area contributed by atoms with Gasteiger partial charge in [-0.2, -0.15) is 0 Å². The van der Waals surface area contributed by atoms with Crippen LogP contribution >= 0.6 is 11.6 Å². The number of hydrogen-bond acceptors (Lipinski definition) is 2. The second-order valence-electron chi connectivity index (χ2n) is 5.04. The van der Waals surface area contributed by atoms with Crippen LogP contribution < -0.4 is 0 Å². The van der Waals surface area contributed by atoms with Crippen molar-refractivity contribution >= 4 is 28.4 Å². The summed E-state index contributed by atoms with van der Waals surface area (Å²) >= 11 is 5.98. The van der Waals surface area contributed by atoms with Crippen LogP contribution in [0.25, 0.3) is 11.0 Å². The highest BCUT2D eigenvalue weighted by molar-refractivity contribution is 6.31. The van der Waals surface area contributed by atoms with Gasteiger partial charge in [0.05, 0.1) is 0 Å². The number of furan rings is 1. The molecule has 1 saturated carbocycles. The fourth-order valence-electron chi connectivity index (χ4n) is 2.80. The second-order valence-corrected chi connectivity index (χ2v) is 5.48. The fourth-order valence-corrected chi connectivity index (χ4v) is 2.97. The molecule has 1 aromatic heterocycles. The lowest BCUT2D eigenvalue weighted by Crippen LogP contribution is -2.11. The predicted octanol–water partition coefficient (Wildman–Crippen LogP) is 4.77. The largest absolute Gasteiger partial charge is 0.453 e. The van der Waals surface area contributed by atoms with E-state index in [9.17, 15) is 4.79 Å². The number of carbonyl (C=O) groups excluding carboxylic acids is 1. The van der Waals surface area contributed by atoms with Gasteiger partial charge < -0.3 is 4.42 Å². The zero-order valence-corrected chi connectivity index (χ0v) is 11.1. The summed E-state index contributed by atoms with van der Waals surface area (Å²) < 4.78 is 5.72. The van der Waals surface area contributed by atoms with E-state index in [-0.39, 0.29) is 11.7 Å². The Kier molecular flexibility index (Phi) is 2.90. The van der Waals surface area contributed by atoms with Crippen molar-refractivity contribution in [2.45, 2.75) is 32.6 Å². The van der Waals surface area contributed by atoms with Crippen LogP contribution in [-0.2, 0) is 0 Å². The van der Waals surface area contributed by atoms with Crippen LogP contribution in [0.1, 0.15) is 41.8 Å². The van der Waals surface area contributed by atoms with Crippen molar-refractivity contribution in [2.75, 3.05) is 0 Å². The van der Waals surface area contributed by atoms with Crippen molar-refractivity contribution in [3.05, 3.63) is 34.5 Å². The third kappa shape index (κ3) is 1.85. The van der Waals surface area contributed by atoms with Crippen LogP contribution in [0.5, 0.6) is 0 Å². The summed E-state index contributed by atoms with van der Waals surface area (Å²) in [6, 6.07) is 5.48. The Bertz CT molecular complexity index is 606. The Morgan fingerprint density at radius 2 is 2.06 bits per heavy atom. The van der Waals surface area contributed by atoms with Crippen molar-refractivity contribution in [1.29, 1.82) is 0 Å². The zero-order chi connectivity index (χ0) is 12.7. The van der Waals surface area contributed by atoms with E-state index >= 15 is 0 Å². The number of ketones is 1. The predicted molar refractivity (Wildman–Crippen MR) is 72.2 cm³/mol. The maximum Gasteiger partial charge on any atom is 0.201 e. The van der Waals surface area contributed by atoms with Crippen molar-refractivity contribution in [3.8, 4) is 0 Å². The number of hydrogen-bond donors (Lipinski definition) is 0. The first-order chi connectivity index (χ1) is 8.66. The number of carbonyl (C=O) groups is 1. The van der Waals surface area contributed by atoms with Gasteiger partial charge in [-0.15, -0.1) is 0 Å². The van der Waals surface area contributed by atoms with Crippen LogP contribution in [0.15, 0.2) is 22.6 Å². The van der Waals surface area contributed by atoms with E-state index in [1.807, 2.05) is 19.1 Å². The molecule has 0 aliphatic heterocycles. The molecule has 0 saturated heterocycles. The summed E-state index contributed by atoms with van der Waals surface area (Å²) in [4.78, 5) is 12.4. The monoisotopic (exact) mass is 262 g/mol. The zero-order valence-electron chi connectivity index (χ0n) is 10.3. The Morgan fingerprint density at radius 3 is 2.78 bits per heavy atom. The lowest BCUT2D eigenvalue weighted by atomic mass is 9.98. The van der Waals surface area contributed by atoms with Gasteiger partial charge in [-0.05, 0) is 38.0 Å². The normalized spacial score (nSPS) is 16.6. The van der Waals surface area contributed by atoms with E-state index in [1.165, 1.54) is 0 Å². The highest BCUT2D eigenvalue weighted by Crippen LogP contribution is 2.33. The maximum atomic E-state index is 12.4. The number of aryl methyl sites for hydroxylation is 1. The first kappa shape index (κ1) is 11.8. The molecule has 1 heterocycles. The van der Waals surface area contributed by atoms with E-state index in [0.29, 0.717) is 10.8 Å². The molecule has 0 bridgehead atoms. The molecule has 1 fully saturated rings. The molecule has 1 aliphatic carbocycles. The van der Waals surface area contributed by atoms with Gasteiger partial charge in [-0.3, -0.25) is 4.79 Å². The molecule has 0 spiro atoms. The van der Waals surface area contributed by atoms with E-state index in [4.69, 9.17) is 16.0 Å². The molecule has 2 aromatic rings. The summed E-state index contributed by atoms with van der Waals surface area (Å²) in [6.07, 6.45) is 4.30. The molecule has 0 unspecified atom stereocenters. The molecule has 18 heavy (non-hydrogen) atoms. The van der Waals surface area contributed by atoms with E-state index < -0.39 is 0 Å². The minimum atomic E-state index is 0.153. The van der Waals surface area contributed by atoms with Crippen molar-refractivity contribution in [3.63, 3.8) is 0 Å². The Labute approximate surface area is 111 Å². The Hall–Kier alpha value is -1.28. The van der Waals surface area contributed by atoms with Gasteiger partial charge in [-0.1, -0.05) is 24.4 Å². The number of Topliss-reactive ketones (excluding diaryl/α,β-unsaturated/α-hetero) is 1. The molecule has 1 aliphatic rings. The van der Waals surface area contributed by atoms with Gasteiger partial charge in [0.15, 0.2) is 5.76 Å². The summed E-state index contributed by atoms with van der Waals surface area (Å²) in [5.41, 5.74) is 1.67. The van der Waals surface area contributed by atoms with Crippen molar-refractivity contribution in [2.24, 2.45) is 5.92 Å². The lowest BCUT2D eigenvalue weighted by molar-refractivity contribution is 0.0896. The van der Waals surface area contributed by atoms with Crippen LogP contribution in [0.2, 0.25) is 5.02 Å². The van der Waals surface area contributed by atoms with E-state index in [2.05, 4.69) is 0 Å². The number of rotatable bonds is 2. The molecule has 0 atom stereocenters. The third-order valence-corrected chi connectivity index (χ3v) is 4.08. The molecule has 0 N–H and O–H groups in total. The van der Waals surface area contributed by atoms with Gasteiger partial charge in [0.1, 0.15) is 5.58 Å². The van der Waals surface area contributed by atoms with Gasteiger partial charge in [0.2, 0.25) is 5.78 Å². The van der Waals surface area contributed by atoms with Crippen molar-refractivity contribution < 1.29 is 9.21 Å². The summed E-state index contributed by atoms with van der Waals surface area (Å²) in [5, 5.41) is 1.62. The topological polar surface area (TPSA) is 30.2 Å². The molecule has 3 heteroatoms. The Balaban J connectivity index is 2.06. The minimum Gasteiger partial charge on any atom is -0.453 e. The summed E-state index contributed by atoms with van der Waals surface area (Å²) in [6.45, 7) is 1.93. The molecule has 2 nitrogen and oxygen atoms in total. The molecule has 0 radical (unpaired) electrons. The number of fused-ring (bicyclic) bond motifs is 1. The van der Waals surface area contributed by atoms with E-state index in [0.717, 1.165) is 42.2 Å². The third-order valence-electron chi connectivity index (χ3n) is 3.85. The van der Waals surface area contributed by atoms with E-state index in [1.54, 1.807) is 6.07 Å². The SMILES string of the molecule is Cc1c(C(=O)C2CCCC2)oc2ccc(Cl)cc12. The molecule has 94 valence electrons. The standard InChI is InChI=1S/C15H15ClO2/c1-9-12-8-11(16)6-7-13(12)18-15(9)14(17)10-4-2-3-5-10/h6-8,10H,2-5H2,1H3. The highest BCUT2D eigenvalue weighted by Gasteiger charge is 2.28. The van der Waals surface area contributed by atoms with Gasteiger partial charge in [0.25, 0.3) is 0 Å². The molecular formula is C15H15ClO2. The molecule has 3 rings (SSSR count). The first-order valence-corrected chi connectivity index (χ1v) is 6.77. The fraction of sp³-hybridized carbons (Fsp3) is 0.400. The van der Waals surface area contributed by atoms with Gasteiger partial charge >= 0.3 is 0 Å². The quantitative estimate of drug-likeness (QED) is 0.730. The van der Waals surface area contributed by atoms with Gasteiger partial charge in [0, 0.05) is 21.9 Å². The van der Waals surface area contributed by atoms with Crippen LogP contribution in [0, 0.1) is 12.8 Å². The molecular weight excluding hydrogens is 248 g/mol. The molecule has 0 amide bonds. The minimum absolute atomic E-state index is 0.153. The average Bonchev–Trinajstić information content (AvgIpc) is 2.98. The second kappa shape index (κ2) is 4.43. The van der Waals surface area contributed by atoms with Crippen LogP contribution in [-0.4, -0.2) is 5.78 Å². The van der Waals surface area contributed by atoms with Gasteiger partial charge in [-0.25, -0.2) is 0 Å². The molecule has 1 aromatic carbocycles. The summed E-state index contributed by atoms with van der Waals surface area (Å²) in [7, 11) is 0. The average molecular weight is 263 g/mol. The summed E-state index contributed by atoms with van der Waals surface area (Å²) in [5.74, 6) is 0.844. The number of benzene rings is 1.